The predicted octanol–water partition coefficient (Wildman–Crippen LogP) is 3.05. The average Bonchev–Trinajstić information content (AvgIpc) is 2.70. The molecule has 0 aliphatic heterocycles. The van der Waals surface area contributed by atoms with Crippen LogP contribution in [0.15, 0.2) is 0 Å². The van der Waals surface area contributed by atoms with E-state index in [-0.39, 0.29) is 11.6 Å². The van der Waals surface area contributed by atoms with Gasteiger partial charge in [0.1, 0.15) is 0 Å². The van der Waals surface area contributed by atoms with Crippen LogP contribution in [0.3, 0.4) is 0 Å². The normalized spacial score (nSPS) is 20.6. The number of aliphatic hydroxyl groups excluding tert-OH is 1. The van der Waals surface area contributed by atoms with E-state index in [0.29, 0.717) is 0 Å². The molecule has 1 aliphatic carbocycles. The highest BCUT2D eigenvalue weighted by Gasteiger charge is 2.25. The summed E-state index contributed by atoms with van der Waals surface area (Å²) in [5.41, 5.74) is 0.205. The Morgan fingerprint density at radius 1 is 1.31 bits per heavy atom. The van der Waals surface area contributed by atoms with Crippen molar-refractivity contribution in [1.29, 1.82) is 0 Å². The standard InChI is InChI=1S/C14H29NO/c1-5-14(2,3)15(4)11-13(16)10-12-8-6-7-9-12/h12-13,16H,5-11H2,1-4H3. The lowest BCUT2D eigenvalue weighted by molar-refractivity contribution is 0.0554. The number of β-amino-alcohol motifs (C(OH)–C–C–N with tert-alkyl or cyclic N) is 1. The van der Waals surface area contributed by atoms with Crippen molar-refractivity contribution in [3.63, 3.8) is 0 Å². The number of aliphatic hydroxyl groups is 1. The minimum Gasteiger partial charge on any atom is -0.392 e. The molecule has 1 rings (SSSR count). The van der Waals surface area contributed by atoms with Gasteiger partial charge in [-0.1, -0.05) is 32.6 Å². The fourth-order valence-electron chi connectivity index (χ4n) is 2.54. The Morgan fingerprint density at radius 3 is 2.38 bits per heavy atom. The number of hydrogen-bond donors (Lipinski definition) is 1. The van der Waals surface area contributed by atoms with Gasteiger partial charge in [-0.15, -0.1) is 0 Å². The molecule has 1 atom stereocenters. The second kappa shape index (κ2) is 6.02. The van der Waals surface area contributed by atoms with Gasteiger partial charge in [0, 0.05) is 12.1 Å². The monoisotopic (exact) mass is 227 g/mol. The van der Waals surface area contributed by atoms with Crippen LogP contribution >= 0.6 is 0 Å². The van der Waals surface area contributed by atoms with Crippen molar-refractivity contribution in [3.8, 4) is 0 Å². The van der Waals surface area contributed by atoms with Crippen molar-refractivity contribution < 1.29 is 5.11 Å². The molecule has 0 aromatic rings. The third kappa shape index (κ3) is 4.06. The molecule has 1 saturated carbocycles. The molecule has 16 heavy (non-hydrogen) atoms. The average molecular weight is 227 g/mol. The smallest absolute Gasteiger partial charge is 0.0669 e. The largest absolute Gasteiger partial charge is 0.392 e. The molecule has 0 spiro atoms. The summed E-state index contributed by atoms with van der Waals surface area (Å²) in [7, 11) is 2.13. The molecule has 0 radical (unpaired) electrons. The quantitative estimate of drug-likeness (QED) is 0.754. The maximum Gasteiger partial charge on any atom is 0.0669 e. The first-order valence-corrected chi connectivity index (χ1v) is 6.85. The van der Waals surface area contributed by atoms with Gasteiger partial charge in [-0.05, 0) is 39.7 Å². The van der Waals surface area contributed by atoms with E-state index in [9.17, 15) is 5.11 Å². The van der Waals surface area contributed by atoms with E-state index in [2.05, 4.69) is 32.7 Å². The van der Waals surface area contributed by atoms with Crippen molar-refractivity contribution in [2.24, 2.45) is 5.92 Å². The lowest BCUT2D eigenvalue weighted by Crippen LogP contribution is -2.44. The lowest BCUT2D eigenvalue weighted by atomic mass is 9.96. The molecule has 0 bridgehead atoms. The van der Waals surface area contributed by atoms with E-state index in [4.69, 9.17) is 0 Å². The van der Waals surface area contributed by atoms with Gasteiger partial charge in [0.25, 0.3) is 0 Å². The molecular weight excluding hydrogens is 198 g/mol. The first-order chi connectivity index (χ1) is 7.45. The molecule has 96 valence electrons. The summed E-state index contributed by atoms with van der Waals surface area (Å²) in [5.74, 6) is 0.785. The third-order valence-electron chi connectivity index (χ3n) is 4.46. The number of likely N-dealkylation sites (N-methyl/N-ethyl adjacent to an activating group) is 1. The van der Waals surface area contributed by atoms with Crippen LogP contribution in [0.1, 0.15) is 59.3 Å². The first kappa shape index (κ1) is 14.0. The Hall–Kier alpha value is -0.0800. The van der Waals surface area contributed by atoms with Crippen molar-refractivity contribution in [2.75, 3.05) is 13.6 Å². The molecule has 1 N–H and O–H groups in total. The van der Waals surface area contributed by atoms with Gasteiger partial charge in [-0.2, -0.15) is 0 Å². The number of rotatable bonds is 6. The highest BCUT2D eigenvalue weighted by atomic mass is 16.3. The molecule has 0 heterocycles. The van der Waals surface area contributed by atoms with Gasteiger partial charge in [-0.25, -0.2) is 0 Å². The van der Waals surface area contributed by atoms with Crippen molar-refractivity contribution >= 4 is 0 Å². The number of nitrogens with zero attached hydrogens (tertiary/aromatic N) is 1. The van der Waals surface area contributed by atoms with Crippen LogP contribution in [0.2, 0.25) is 0 Å². The topological polar surface area (TPSA) is 23.5 Å². The molecule has 0 aromatic heterocycles. The van der Waals surface area contributed by atoms with Gasteiger partial charge >= 0.3 is 0 Å². The Kier molecular flexibility index (Phi) is 5.26. The van der Waals surface area contributed by atoms with E-state index in [0.717, 1.165) is 25.3 Å². The SMILES string of the molecule is CCC(C)(C)N(C)CC(O)CC1CCCC1. The second-order valence-corrected chi connectivity index (χ2v) is 6.09. The van der Waals surface area contributed by atoms with Gasteiger partial charge in [-0.3, -0.25) is 4.90 Å². The van der Waals surface area contributed by atoms with Gasteiger partial charge in [0.15, 0.2) is 0 Å². The van der Waals surface area contributed by atoms with Gasteiger partial charge in [0.05, 0.1) is 6.10 Å². The fourth-order valence-corrected chi connectivity index (χ4v) is 2.54. The molecular formula is C14H29NO. The predicted molar refractivity (Wildman–Crippen MR) is 69.6 cm³/mol. The summed E-state index contributed by atoms with van der Waals surface area (Å²) >= 11 is 0. The Morgan fingerprint density at radius 2 is 1.88 bits per heavy atom. The molecule has 2 nitrogen and oxygen atoms in total. The summed E-state index contributed by atoms with van der Waals surface area (Å²) in [5, 5.41) is 10.1. The van der Waals surface area contributed by atoms with E-state index in [1.807, 2.05) is 0 Å². The van der Waals surface area contributed by atoms with Crippen LogP contribution in [0, 0.1) is 5.92 Å². The number of hydrogen-bond acceptors (Lipinski definition) is 2. The molecule has 1 unspecified atom stereocenters. The minimum absolute atomic E-state index is 0.140. The molecule has 0 saturated heterocycles. The van der Waals surface area contributed by atoms with E-state index in [1.54, 1.807) is 0 Å². The maximum absolute atomic E-state index is 10.1. The lowest BCUT2D eigenvalue weighted by Gasteiger charge is -2.36. The summed E-state index contributed by atoms with van der Waals surface area (Å²) < 4.78 is 0. The highest BCUT2D eigenvalue weighted by Crippen LogP contribution is 2.29. The van der Waals surface area contributed by atoms with Gasteiger partial charge < -0.3 is 5.11 Å². The summed E-state index contributed by atoms with van der Waals surface area (Å²) in [6.07, 6.45) is 7.39. The Balaban J connectivity index is 2.29. The Labute approximate surface area is 101 Å². The van der Waals surface area contributed by atoms with Crippen molar-refractivity contribution in [1.82, 2.24) is 4.90 Å². The first-order valence-electron chi connectivity index (χ1n) is 6.85. The van der Waals surface area contributed by atoms with Gasteiger partial charge in [0.2, 0.25) is 0 Å². The zero-order chi connectivity index (χ0) is 12.2. The summed E-state index contributed by atoms with van der Waals surface area (Å²) in [4.78, 5) is 2.30. The molecule has 1 aliphatic rings. The summed E-state index contributed by atoms with van der Waals surface area (Å²) in [6.45, 7) is 7.52. The maximum atomic E-state index is 10.1. The van der Waals surface area contributed by atoms with Crippen LogP contribution in [-0.4, -0.2) is 35.2 Å². The summed E-state index contributed by atoms with van der Waals surface area (Å²) in [6, 6.07) is 0. The zero-order valence-corrected chi connectivity index (χ0v) is 11.5. The Bertz CT molecular complexity index is 197. The van der Waals surface area contributed by atoms with Crippen LogP contribution < -0.4 is 0 Å². The van der Waals surface area contributed by atoms with Crippen molar-refractivity contribution in [3.05, 3.63) is 0 Å². The molecule has 2 heteroatoms. The van der Waals surface area contributed by atoms with Crippen LogP contribution in [-0.2, 0) is 0 Å². The van der Waals surface area contributed by atoms with Crippen LogP contribution in [0.5, 0.6) is 0 Å². The van der Waals surface area contributed by atoms with Crippen LogP contribution in [0.4, 0.5) is 0 Å². The second-order valence-electron chi connectivity index (χ2n) is 6.09. The third-order valence-corrected chi connectivity index (χ3v) is 4.46. The van der Waals surface area contributed by atoms with E-state index >= 15 is 0 Å². The van der Waals surface area contributed by atoms with Crippen LogP contribution in [0.25, 0.3) is 0 Å². The molecule has 0 aromatic carbocycles. The fraction of sp³-hybridized carbons (Fsp3) is 1.00. The molecule has 1 fully saturated rings. The highest BCUT2D eigenvalue weighted by molar-refractivity contribution is 4.80. The van der Waals surface area contributed by atoms with E-state index in [1.165, 1.54) is 25.7 Å². The van der Waals surface area contributed by atoms with E-state index < -0.39 is 0 Å². The zero-order valence-electron chi connectivity index (χ0n) is 11.5. The minimum atomic E-state index is -0.140. The van der Waals surface area contributed by atoms with Crippen molar-refractivity contribution in [2.45, 2.75) is 70.9 Å². The molecule has 0 amide bonds.